The first-order chi connectivity index (χ1) is 9.15. The van der Waals surface area contributed by atoms with Gasteiger partial charge >= 0.3 is 5.97 Å². The lowest BCUT2D eigenvalue weighted by Crippen LogP contribution is -2.18. The van der Waals surface area contributed by atoms with E-state index in [1.165, 1.54) is 11.1 Å². The fourth-order valence-electron chi connectivity index (χ4n) is 2.41. The molecule has 0 radical (unpaired) electrons. The van der Waals surface area contributed by atoms with E-state index in [9.17, 15) is 9.59 Å². The highest BCUT2D eigenvalue weighted by molar-refractivity contribution is 5.86. The van der Waals surface area contributed by atoms with Crippen LogP contribution in [0.15, 0.2) is 29.2 Å². The molecule has 5 heteroatoms. The first kappa shape index (κ1) is 11.6. The number of aryl methyl sites for hydroxylation is 2. The summed E-state index contributed by atoms with van der Waals surface area (Å²) in [5.74, 6) is -0.862. The molecule has 0 aliphatic heterocycles. The smallest absolute Gasteiger partial charge is 0.342 e. The maximum Gasteiger partial charge on any atom is 0.342 e. The molecule has 2 N–H and O–H groups in total. The van der Waals surface area contributed by atoms with E-state index in [4.69, 9.17) is 5.11 Å². The number of carbonyl (C=O) groups is 1. The molecule has 0 fully saturated rings. The number of hydrogen-bond acceptors (Lipinski definition) is 3. The Balaban J connectivity index is 2.05. The second-order valence-corrected chi connectivity index (χ2v) is 4.62. The predicted molar refractivity (Wildman–Crippen MR) is 69.3 cm³/mol. The van der Waals surface area contributed by atoms with Crippen LogP contribution in [-0.2, 0) is 12.8 Å². The quantitative estimate of drug-likeness (QED) is 0.855. The molecule has 0 atom stereocenters. The summed E-state index contributed by atoms with van der Waals surface area (Å²) in [6.07, 6.45) is 4.39. The predicted octanol–water partition coefficient (Wildman–Crippen LogP) is 1.62. The van der Waals surface area contributed by atoms with Gasteiger partial charge in [0, 0.05) is 11.8 Å². The van der Waals surface area contributed by atoms with Gasteiger partial charge in [0.2, 0.25) is 0 Å². The molecule has 3 rings (SSSR count). The summed E-state index contributed by atoms with van der Waals surface area (Å²) in [7, 11) is 0. The van der Waals surface area contributed by atoms with Crippen LogP contribution in [0.5, 0.6) is 0 Å². The normalized spacial score (nSPS) is 13.3. The summed E-state index contributed by atoms with van der Waals surface area (Å²) in [5, 5.41) is 8.79. The number of aromatic amines is 1. The van der Waals surface area contributed by atoms with Crippen molar-refractivity contribution in [2.45, 2.75) is 19.3 Å². The summed E-state index contributed by atoms with van der Waals surface area (Å²) in [4.78, 5) is 28.9. The molecule has 19 heavy (non-hydrogen) atoms. The van der Waals surface area contributed by atoms with Crippen LogP contribution in [0.25, 0.3) is 11.4 Å². The monoisotopic (exact) mass is 256 g/mol. The summed E-state index contributed by atoms with van der Waals surface area (Å²) in [6.45, 7) is 0. The molecule has 0 spiro atoms. The molecule has 5 nitrogen and oxygen atoms in total. The Labute approximate surface area is 108 Å². The molecule has 1 aliphatic carbocycles. The Morgan fingerprint density at radius 3 is 2.79 bits per heavy atom. The van der Waals surface area contributed by atoms with Crippen LogP contribution in [-0.4, -0.2) is 21.0 Å². The van der Waals surface area contributed by atoms with E-state index >= 15 is 0 Å². The maximum absolute atomic E-state index is 11.6. The second kappa shape index (κ2) is 4.35. The molecule has 2 aromatic rings. The van der Waals surface area contributed by atoms with Crippen molar-refractivity contribution >= 4 is 5.97 Å². The van der Waals surface area contributed by atoms with Gasteiger partial charge in [-0.15, -0.1) is 0 Å². The third-order valence-electron chi connectivity index (χ3n) is 3.40. The third kappa shape index (κ3) is 2.03. The van der Waals surface area contributed by atoms with Gasteiger partial charge in [0.25, 0.3) is 5.56 Å². The van der Waals surface area contributed by atoms with Crippen molar-refractivity contribution in [3.05, 3.63) is 51.4 Å². The molecule has 0 saturated heterocycles. The number of rotatable bonds is 2. The van der Waals surface area contributed by atoms with Crippen molar-refractivity contribution in [3.63, 3.8) is 0 Å². The average molecular weight is 256 g/mol. The number of nitrogens with zero attached hydrogens (tertiary/aromatic N) is 1. The summed E-state index contributed by atoms with van der Waals surface area (Å²) in [5.41, 5.74) is 2.47. The van der Waals surface area contributed by atoms with E-state index in [1.807, 2.05) is 18.2 Å². The molecular formula is C14H12N2O3. The summed E-state index contributed by atoms with van der Waals surface area (Å²) in [6, 6.07) is 5.96. The van der Waals surface area contributed by atoms with Crippen molar-refractivity contribution in [3.8, 4) is 11.4 Å². The van der Waals surface area contributed by atoms with Crippen LogP contribution in [0.1, 0.15) is 27.9 Å². The number of hydrogen-bond donors (Lipinski definition) is 2. The first-order valence-corrected chi connectivity index (χ1v) is 6.10. The largest absolute Gasteiger partial charge is 0.477 e. The molecule has 1 aliphatic rings. The fraction of sp³-hybridized carbons (Fsp3) is 0.214. The second-order valence-electron chi connectivity index (χ2n) is 4.62. The van der Waals surface area contributed by atoms with Crippen molar-refractivity contribution < 1.29 is 9.90 Å². The van der Waals surface area contributed by atoms with Gasteiger partial charge in [0.05, 0.1) is 0 Å². The molecule has 1 aromatic carbocycles. The highest BCUT2D eigenvalue weighted by Crippen LogP contribution is 2.26. The Kier molecular flexibility index (Phi) is 2.67. The Bertz CT molecular complexity index is 719. The van der Waals surface area contributed by atoms with E-state index in [0.29, 0.717) is 5.82 Å². The van der Waals surface area contributed by atoms with Gasteiger partial charge < -0.3 is 10.1 Å². The number of nitrogens with one attached hydrogen (secondary N) is 1. The number of benzene rings is 1. The summed E-state index contributed by atoms with van der Waals surface area (Å²) >= 11 is 0. The van der Waals surface area contributed by atoms with Crippen molar-refractivity contribution in [2.75, 3.05) is 0 Å². The number of fused-ring (bicyclic) bond motifs is 1. The lowest BCUT2D eigenvalue weighted by Gasteiger charge is -2.04. The highest BCUT2D eigenvalue weighted by atomic mass is 16.4. The number of carboxylic acids is 1. The van der Waals surface area contributed by atoms with Crippen LogP contribution >= 0.6 is 0 Å². The topological polar surface area (TPSA) is 83.0 Å². The number of H-pyrrole nitrogens is 1. The fourth-order valence-corrected chi connectivity index (χ4v) is 2.41. The molecule has 1 aromatic heterocycles. The minimum Gasteiger partial charge on any atom is -0.477 e. The molecule has 0 saturated carbocycles. The van der Waals surface area contributed by atoms with Crippen LogP contribution in [0.2, 0.25) is 0 Å². The zero-order valence-corrected chi connectivity index (χ0v) is 10.1. The molecule has 0 unspecified atom stereocenters. The van der Waals surface area contributed by atoms with Crippen molar-refractivity contribution in [1.29, 1.82) is 0 Å². The lowest BCUT2D eigenvalue weighted by molar-refractivity contribution is 0.0694. The van der Waals surface area contributed by atoms with Gasteiger partial charge in [0.1, 0.15) is 11.4 Å². The molecular weight excluding hydrogens is 244 g/mol. The van der Waals surface area contributed by atoms with E-state index in [0.717, 1.165) is 31.0 Å². The number of aromatic nitrogens is 2. The SMILES string of the molecule is O=C(O)c1cnc(-c2ccc3c(c2)CCC3)[nH]c1=O. The van der Waals surface area contributed by atoms with Gasteiger partial charge in [-0.2, -0.15) is 0 Å². The molecule has 96 valence electrons. The van der Waals surface area contributed by atoms with E-state index < -0.39 is 11.5 Å². The van der Waals surface area contributed by atoms with E-state index in [1.54, 1.807) is 0 Å². The minimum atomic E-state index is -1.27. The van der Waals surface area contributed by atoms with Crippen LogP contribution < -0.4 is 5.56 Å². The van der Waals surface area contributed by atoms with Gasteiger partial charge in [-0.3, -0.25) is 4.79 Å². The minimum absolute atomic E-state index is 0.343. The molecule has 0 amide bonds. The van der Waals surface area contributed by atoms with Crippen LogP contribution in [0, 0.1) is 0 Å². The average Bonchev–Trinajstić information content (AvgIpc) is 2.85. The molecule has 1 heterocycles. The Hall–Kier alpha value is -2.43. The van der Waals surface area contributed by atoms with E-state index in [-0.39, 0.29) is 5.56 Å². The summed E-state index contributed by atoms with van der Waals surface area (Å²) < 4.78 is 0. The Morgan fingerprint density at radius 2 is 2.05 bits per heavy atom. The zero-order chi connectivity index (χ0) is 13.4. The third-order valence-corrected chi connectivity index (χ3v) is 3.40. The van der Waals surface area contributed by atoms with Crippen molar-refractivity contribution in [2.24, 2.45) is 0 Å². The van der Waals surface area contributed by atoms with Gasteiger partial charge in [-0.25, -0.2) is 9.78 Å². The number of carboxylic acid groups (broad SMARTS) is 1. The van der Waals surface area contributed by atoms with Crippen LogP contribution in [0.3, 0.4) is 0 Å². The number of aromatic carboxylic acids is 1. The van der Waals surface area contributed by atoms with Crippen LogP contribution in [0.4, 0.5) is 0 Å². The lowest BCUT2D eigenvalue weighted by atomic mass is 10.1. The van der Waals surface area contributed by atoms with Gasteiger partial charge in [-0.05, 0) is 36.5 Å². The zero-order valence-electron chi connectivity index (χ0n) is 10.1. The molecule has 0 bridgehead atoms. The first-order valence-electron chi connectivity index (χ1n) is 6.10. The van der Waals surface area contributed by atoms with Gasteiger partial charge in [0.15, 0.2) is 0 Å². The maximum atomic E-state index is 11.6. The van der Waals surface area contributed by atoms with E-state index in [2.05, 4.69) is 9.97 Å². The highest BCUT2D eigenvalue weighted by Gasteiger charge is 2.14. The standard InChI is InChI=1S/C14H12N2O3/c17-13-11(14(18)19)7-15-12(16-13)10-5-4-8-2-1-3-9(8)6-10/h4-7H,1-3H2,(H,18,19)(H,15,16,17). The Morgan fingerprint density at radius 1 is 1.26 bits per heavy atom. The van der Waals surface area contributed by atoms with Gasteiger partial charge in [-0.1, -0.05) is 12.1 Å². The van der Waals surface area contributed by atoms with Crippen molar-refractivity contribution in [1.82, 2.24) is 9.97 Å².